The van der Waals surface area contributed by atoms with Crippen molar-refractivity contribution >= 4 is 27.3 Å². The van der Waals surface area contributed by atoms with Crippen molar-refractivity contribution in [2.24, 2.45) is 5.92 Å². The van der Waals surface area contributed by atoms with Gasteiger partial charge in [-0.05, 0) is 59.5 Å². The molecule has 3 heteroatoms. The molecule has 84 valence electrons. The van der Waals surface area contributed by atoms with Crippen LogP contribution < -0.4 is 5.32 Å². The molecule has 1 fully saturated rings. The Morgan fingerprint density at radius 2 is 2.27 bits per heavy atom. The van der Waals surface area contributed by atoms with E-state index >= 15 is 0 Å². The van der Waals surface area contributed by atoms with Gasteiger partial charge in [0.2, 0.25) is 0 Å². The molecule has 0 saturated heterocycles. The summed E-state index contributed by atoms with van der Waals surface area (Å²) < 4.78 is 1.28. The fourth-order valence-electron chi connectivity index (χ4n) is 1.73. The van der Waals surface area contributed by atoms with Gasteiger partial charge in [-0.3, -0.25) is 0 Å². The molecule has 1 aliphatic rings. The summed E-state index contributed by atoms with van der Waals surface area (Å²) in [6.45, 7) is 4.65. The maximum Gasteiger partial charge on any atom is 0.0314 e. The summed E-state index contributed by atoms with van der Waals surface area (Å²) in [7, 11) is 0. The van der Waals surface area contributed by atoms with Crippen LogP contribution in [0.3, 0.4) is 0 Å². The first-order valence-corrected chi connectivity index (χ1v) is 7.32. The number of hydrogen-bond acceptors (Lipinski definition) is 2. The molecule has 0 spiro atoms. The molecule has 0 aliphatic heterocycles. The molecular formula is C12H18BrNS. The fraction of sp³-hybridized carbons (Fsp3) is 0.667. The summed E-state index contributed by atoms with van der Waals surface area (Å²) in [6, 6.07) is 3.59. The molecule has 1 aliphatic carbocycles. The van der Waals surface area contributed by atoms with Crippen LogP contribution in [-0.4, -0.2) is 12.1 Å². The van der Waals surface area contributed by atoms with E-state index in [1.807, 2.05) is 11.3 Å². The molecule has 0 radical (unpaired) electrons. The van der Waals surface area contributed by atoms with Crippen LogP contribution in [0, 0.1) is 5.92 Å². The van der Waals surface area contributed by atoms with Crippen LogP contribution in [0.5, 0.6) is 0 Å². The monoisotopic (exact) mass is 287 g/mol. The molecule has 1 aromatic heterocycles. The van der Waals surface area contributed by atoms with Crippen LogP contribution in [0.4, 0.5) is 0 Å². The van der Waals surface area contributed by atoms with Crippen molar-refractivity contribution in [2.75, 3.05) is 0 Å². The second-order valence-corrected chi connectivity index (χ2v) is 6.46. The molecule has 1 saturated carbocycles. The van der Waals surface area contributed by atoms with Crippen molar-refractivity contribution in [3.63, 3.8) is 0 Å². The molecule has 15 heavy (non-hydrogen) atoms. The topological polar surface area (TPSA) is 12.0 Å². The summed E-state index contributed by atoms with van der Waals surface area (Å²) >= 11 is 5.45. The number of thiophene rings is 1. The highest BCUT2D eigenvalue weighted by atomic mass is 79.9. The second kappa shape index (κ2) is 4.98. The molecule has 0 amide bonds. The van der Waals surface area contributed by atoms with Gasteiger partial charge in [0.15, 0.2) is 0 Å². The van der Waals surface area contributed by atoms with Crippen LogP contribution >= 0.6 is 27.3 Å². The van der Waals surface area contributed by atoms with Crippen LogP contribution in [-0.2, 0) is 6.42 Å². The van der Waals surface area contributed by atoms with Gasteiger partial charge in [0, 0.05) is 21.4 Å². The molecule has 0 bridgehead atoms. The lowest BCUT2D eigenvalue weighted by atomic mass is 9.99. The molecule has 0 aromatic carbocycles. The molecule has 1 N–H and O–H groups in total. The highest BCUT2D eigenvalue weighted by molar-refractivity contribution is 9.10. The van der Waals surface area contributed by atoms with Gasteiger partial charge in [0.05, 0.1) is 0 Å². The average molecular weight is 288 g/mol. The zero-order valence-electron chi connectivity index (χ0n) is 9.29. The summed E-state index contributed by atoms with van der Waals surface area (Å²) in [6.07, 6.45) is 3.93. The van der Waals surface area contributed by atoms with E-state index in [4.69, 9.17) is 0 Å². The van der Waals surface area contributed by atoms with Crippen LogP contribution in [0.2, 0.25) is 0 Å². The number of nitrogens with one attached hydrogen (secondary N) is 1. The zero-order chi connectivity index (χ0) is 10.8. The Balaban J connectivity index is 1.85. The van der Waals surface area contributed by atoms with Crippen molar-refractivity contribution in [3.8, 4) is 0 Å². The molecule has 2 atom stereocenters. The molecular weight excluding hydrogens is 270 g/mol. The van der Waals surface area contributed by atoms with E-state index in [0.29, 0.717) is 12.0 Å². The third-order valence-electron chi connectivity index (χ3n) is 3.13. The number of halogens is 1. The lowest BCUT2D eigenvalue weighted by Crippen LogP contribution is -2.34. The average Bonchev–Trinajstić information content (AvgIpc) is 2.92. The van der Waals surface area contributed by atoms with E-state index < -0.39 is 0 Å². The first-order chi connectivity index (χ1) is 7.16. The normalized spacial score (nSPS) is 20.2. The molecule has 1 aromatic rings. The summed E-state index contributed by atoms with van der Waals surface area (Å²) in [4.78, 5) is 1.48. The van der Waals surface area contributed by atoms with Crippen molar-refractivity contribution in [1.82, 2.24) is 5.32 Å². The van der Waals surface area contributed by atoms with Gasteiger partial charge in [-0.15, -0.1) is 11.3 Å². The quantitative estimate of drug-likeness (QED) is 0.868. The number of hydrogen-bond donors (Lipinski definition) is 1. The fourth-order valence-corrected chi connectivity index (χ4v) is 3.38. The Kier molecular flexibility index (Phi) is 3.86. The third kappa shape index (κ3) is 3.30. The highest BCUT2D eigenvalue weighted by Crippen LogP contribution is 2.27. The van der Waals surface area contributed by atoms with E-state index in [1.54, 1.807) is 0 Å². The van der Waals surface area contributed by atoms with Crippen LogP contribution in [0.1, 0.15) is 31.6 Å². The van der Waals surface area contributed by atoms with Crippen molar-refractivity contribution in [1.29, 1.82) is 0 Å². The predicted molar refractivity (Wildman–Crippen MR) is 70.5 cm³/mol. The Bertz CT molecular complexity index is 319. The largest absolute Gasteiger partial charge is 0.311 e. The van der Waals surface area contributed by atoms with Crippen LogP contribution in [0.15, 0.2) is 15.9 Å². The molecule has 2 unspecified atom stereocenters. The van der Waals surface area contributed by atoms with Crippen molar-refractivity contribution in [2.45, 2.75) is 45.2 Å². The van der Waals surface area contributed by atoms with Gasteiger partial charge in [-0.25, -0.2) is 0 Å². The minimum atomic E-state index is 0.631. The van der Waals surface area contributed by atoms with Gasteiger partial charge < -0.3 is 5.32 Å². The molecule has 1 nitrogen and oxygen atoms in total. The van der Waals surface area contributed by atoms with Crippen molar-refractivity contribution < 1.29 is 0 Å². The predicted octanol–water partition coefficient (Wildman–Crippen LogP) is 3.83. The first kappa shape index (κ1) is 11.6. The van der Waals surface area contributed by atoms with E-state index in [1.165, 1.54) is 28.6 Å². The van der Waals surface area contributed by atoms with Crippen molar-refractivity contribution in [3.05, 3.63) is 20.8 Å². The minimum absolute atomic E-state index is 0.631. The summed E-state index contributed by atoms with van der Waals surface area (Å²) in [5.74, 6) is 0.709. The smallest absolute Gasteiger partial charge is 0.0314 e. The highest BCUT2D eigenvalue weighted by Gasteiger charge is 2.25. The van der Waals surface area contributed by atoms with E-state index in [0.717, 1.165) is 6.04 Å². The number of rotatable bonds is 5. The standard InChI is InChI=1S/C12H18BrNS/c1-8(9(2)14-10-3-4-10)7-12-11(13)5-6-15-12/h5-6,8-10,14H,3-4,7H2,1-2H3. The third-order valence-corrected chi connectivity index (χ3v) is 5.08. The Hall–Kier alpha value is 0.140. The van der Waals surface area contributed by atoms with E-state index in [-0.39, 0.29) is 0 Å². The van der Waals surface area contributed by atoms with Gasteiger partial charge in [-0.1, -0.05) is 6.92 Å². The van der Waals surface area contributed by atoms with Gasteiger partial charge in [0.1, 0.15) is 0 Å². The van der Waals surface area contributed by atoms with E-state index in [2.05, 4.69) is 46.5 Å². The summed E-state index contributed by atoms with van der Waals surface area (Å²) in [5, 5.41) is 5.83. The van der Waals surface area contributed by atoms with Gasteiger partial charge in [-0.2, -0.15) is 0 Å². The van der Waals surface area contributed by atoms with Crippen LogP contribution in [0.25, 0.3) is 0 Å². The lowest BCUT2D eigenvalue weighted by molar-refractivity contribution is 0.397. The lowest BCUT2D eigenvalue weighted by Gasteiger charge is -2.20. The SMILES string of the molecule is CC(Cc1sccc1Br)C(C)NC1CC1. The maximum absolute atomic E-state index is 3.67. The Labute approximate surface area is 104 Å². The zero-order valence-corrected chi connectivity index (χ0v) is 11.7. The maximum atomic E-state index is 3.67. The summed E-state index contributed by atoms with van der Waals surface area (Å²) in [5.41, 5.74) is 0. The molecule has 1 heterocycles. The van der Waals surface area contributed by atoms with Gasteiger partial charge >= 0.3 is 0 Å². The second-order valence-electron chi connectivity index (χ2n) is 4.60. The minimum Gasteiger partial charge on any atom is -0.311 e. The molecule has 2 rings (SSSR count). The Morgan fingerprint density at radius 3 is 2.80 bits per heavy atom. The van der Waals surface area contributed by atoms with E-state index in [9.17, 15) is 0 Å². The Morgan fingerprint density at radius 1 is 1.53 bits per heavy atom. The first-order valence-electron chi connectivity index (χ1n) is 5.64. The van der Waals surface area contributed by atoms with Gasteiger partial charge in [0.25, 0.3) is 0 Å².